The average molecular weight is 364 g/mol. The minimum atomic E-state index is 0.00652. The lowest BCUT2D eigenvalue weighted by Gasteiger charge is -2.00. The smallest absolute Gasteiger partial charge is 0.261 e. The Bertz CT molecular complexity index is 1120. The molecule has 5 rings (SSSR count). The molecule has 0 spiro atoms. The topological polar surface area (TPSA) is 77.1 Å². The van der Waals surface area contributed by atoms with Crippen molar-refractivity contribution in [3.05, 3.63) is 47.3 Å². The van der Waals surface area contributed by atoms with Gasteiger partial charge in [-0.15, -0.1) is 11.3 Å². The second-order valence-electron chi connectivity index (χ2n) is 6.52. The third-order valence-corrected chi connectivity index (χ3v) is 5.37. The molecule has 4 heterocycles. The van der Waals surface area contributed by atoms with Crippen LogP contribution in [0.4, 0.5) is 0 Å². The van der Waals surface area contributed by atoms with Crippen LogP contribution in [-0.4, -0.2) is 36.3 Å². The molecule has 0 radical (unpaired) electrons. The molecule has 0 unspecified atom stereocenters. The van der Waals surface area contributed by atoms with Crippen LogP contribution in [0.25, 0.3) is 27.9 Å². The van der Waals surface area contributed by atoms with Crippen molar-refractivity contribution < 1.29 is 4.79 Å². The molecule has 0 aliphatic heterocycles. The van der Waals surface area contributed by atoms with E-state index in [1.54, 1.807) is 21.6 Å². The molecule has 26 heavy (non-hydrogen) atoms. The van der Waals surface area contributed by atoms with Crippen LogP contribution in [0, 0.1) is 0 Å². The zero-order chi connectivity index (χ0) is 17.7. The summed E-state index contributed by atoms with van der Waals surface area (Å²) < 4.78 is 3.52. The van der Waals surface area contributed by atoms with Crippen LogP contribution in [0.15, 0.2) is 42.4 Å². The Balaban J connectivity index is 1.47. The summed E-state index contributed by atoms with van der Waals surface area (Å²) in [6.45, 7) is 0. The molecule has 0 saturated heterocycles. The van der Waals surface area contributed by atoms with Gasteiger partial charge in [0, 0.05) is 48.4 Å². The number of nitrogens with one attached hydrogen (secondary N) is 1. The van der Waals surface area contributed by atoms with E-state index >= 15 is 0 Å². The summed E-state index contributed by atoms with van der Waals surface area (Å²) in [6, 6.07) is 2.27. The lowest BCUT2D eigenvalue weighted by atomic mass is 10.1. The van der Waals surface area contributed by atoms with Gasteiger partial charge < -0.3 is 5.32 Å². The Kier molecular flexibility index (Phi) is 3.39. The molecule has 1 N–H and O–H groups in total. The summed E-state index contributed by atoms with van der Waals surface area (Å²) in [5.74, 6) is 0.00652. The van der Waals surface area contributed by atoms with Gasteiger partial charge in [0.25, 0.3) is 5.91 Å². The zero-order valence-corrected chi connectivity index (χ0v) is 14.9. The monoisotopic (exact) mass is 364 g/mol. The van der Waals surface area contributed by atoms with Crippen molar-refractivity contribution in [3.63, 3.8) is 0 Å². The highest BCUT2D eigenvalue weighted by Crippen LogP contribution is 2.30. The number of nitrogens with zero attached hydrogens (tertiary/aromatic N) is 5. The van der Waals surface area contributed by atoms with E-state index in [-0.39, 0.29) is 5.91 Å². The highest BCUT2D eigenvalue weighted by atomic mass is 32.1. The van der Waals surface area contributed by atoms with E-state index in [0.29, 0.717) is 6.04 Å². The Morgan fingerprint density at radius 1 is 1.15 bits per heavy atom. The van der Waals surface area contributed by atoms with E-state index < -0.39 is 0 Å². The molecule has 4 aromatic heterocycles. The van der Waals surface area contributed by atoms with Gasteiger partial charge in [-0.2, -0.15) is 10.2 Å². The number of hydrogen-bond acceptors (Lipinski definition) is 5. The standard InChI is InChI=1S/C18H16N6OS/c1-23-8-13(6-20-23)12-5-19-17-15(7-21-24(17)9-12)11-4-16(26-10-11)18(25)22-14-2-3-14/h4-10,14H,2-3H2,1H3,(H,22,25). The van der Waals surface area contributed by atoms with Gasteiger partial charge in [-0.25, -0.2) is 9.50 Å². The molecular formula is C18H16N6OS. The second-order valence-corrected chi connectivity index (χ2v) is 7.43. The number of hydrogen-bond donors (Lipinski definition) is 1. The van der Waals surface area contributed by atoms with Gasteiger partial charge in [0.2, 0.25) is 0 Å². The first-order valence-electron chi connectivity index (χ1n) is 8.39. The number of fused-ring (bicyclic) bond motifs is 1. The number of rotatable bonds is 4. The molecule has 0 bridgehead atoms. The fourth-order valence-corrected chi connectivity index (χ4v) is 3.69. The van der Waals surface area contributed by atoms with Crippen LogP contribution < -0.4 is 5.32 Å². The lowest BCUT2D eigenvalue weighted by molar-refractivity contribution is 0.0955. The van der Waals surface area contributed by atoms with Crippen LogP contribution >= 0.6 is 11.3 Å². The van der Waals surface area contributed by atoms with Crippen LogP contribution in [0.5, 0.6) is 0 Å². The number of amides is 1. The molecule has 1 fully saturated rings. The van der Waals surface area contributed by atoms with Crippen molar-refractivity contribution in [2.45, 2.75) is 18.9 Å². The van der Waals surface area contributed by atoms with Crippen LogP contribution in [0.2, 0.25) is 0 Å². The largest absolute Gasteiger partial charge is 0.349 e. The number of carbonyl (C=O) groups is 1. The van der Waals surface area contributed by atoms with E-state index in [1.807, 2.05) is 37.1 Å². The summed E-state index contributed by atoms with van der Waals surface area (Å²) >= 11 is 1.45. The SMILES string of the molecule is Cn1cc(-c2cnc3c(-c4csc(C(=O)NC5CC5)c4)cnn3c2)cn1. The molecule has 1 amide bonds. The van der Waals surface area contributed by atoms with E-state index in [1.165, 1.54) is 11.3 Å². The second kappa shape index (κ2) is 5.77. The van der Waals surface area contributed by atoms with Crippen molar-refractivity contribution in [2.24, 2.45) is 7.05 Å². The number of aryl methyl sites for hydroxylation is 1. The van der Waals surface area contributed by atoms with Crippen LogP contribution in [0.3, 0.4) is 0 Å². The Morgan fingerprint density at radius 3 is 2.77 bits per heavy atom. The van der Waals surface area contributed by atoms with Crippen molar-refractivity contribution in [1.82, 2.24) is 29.7 Å². The first-order valence-corrected chi connectivity index (χ1v) is 9.27. The van der Waals surface area contributed by atoms with Gasteiger partial charge in [-0.3, -0.25) is 9.48 Å². The fraction of sp³-hybridized carbons (Fsp3) is 0.222. The molecule has 7 nitrogen and oxygen atoms in total. The van der Waals surface area contributed by atoms with E-state index in [4.69, 9.17) is 0 Å². The third-order valence-electron chi connectivity index (χ3n) is 4.44. The predicted octanol–water partition coefficient (Wildman–Crippen LogP) is 2.75. The van der Waals surface area contributed by atoms with E-state index in [0.717, 1.165) is 45.6 Å². The third kappa shape index (κ3) is 2.68. The van der Waals surface area contributed by atoms with Gasteiger partial charge in [-0.05, 0) is 29.9 Å². The van der Waals surface area contributed by atoms with Gasteiger partial charge in [0.1, 0.15) is 0 Å². The summed E-state index contributed by atoms with van der Waals surface area (Å²) in [5.41, 5.74) is 4.60. The van der Waals surface area contributed by atoms with Crippen LogP contribution in [0.1, 0.15) is 22.5 Å². The molecular weight excluding hydrogens is 348 g/mol. The van der Waals surface area contributed by atoms with Gasteiger partial charge in [-0.1, -0.05) is 0 Å². The van der Waals surface area contributed by atoms with Gasteiger partial charge >= 0.3 is 0 Å². The lowest BCUT2D eigenvalue weighted by Crippen LogP contribution is -2.24. The fourth-order valence-electron chi connectivity index (χ4n) is 2.88. The molecule has 130 valence electrons. The predicted molar refractivity (Wildman–Crippen MR) is 99.0 cm³/mol. The summed E-state index contributed by atoms with van der Waals surface area (Å²) in [5, 5.41) is 13.6. The number of thiophene rings is 1. The molecule has 4 aromatic rings. The molecule has 8 heteroatoms. The number of carbonyl (C=O) groups excluding carboxylic acids is 1. The molecule has 1 aliphatic rings. The normalized spacial score (nSPS) is 14.0. The maximum absolute atomic E-state index is 12.2. The minimum Gasteiger partial charge on any atom is -0.349 e. The van der Waals surface area contributed by atoms with Crippen molar-refractivity contribution in [1.29, 1.82) is 0 Å². The highest BCUT2D eigenvalue weighted by molar-refractivity contribution is 7.12. The molecule has 0 atom stereocenters. The van der Waals surface area contributed by atoms with E-state index in [2.05, 4.69) is 20.5 Å². The average Bonchev–Trinajstić information content (AvgIpc) is 3.05. The number of aromatic nitrogens is 5. The summed E-state index contributed by atoms with van der Waals surface area (Å²) in [7, 11) is 1.88. The first kappa shape index (κ1) is 15.3. The molecule has 1 saturated carbocycles. The Morgan fingerprint density at radius 2 is 2.00 bits per heavy atom. The maximum atomic E-state index is 12.2. The molecule has 0 aromatic carbocycles. The van der Waals surface area contributed by atoms with Gasteiger partial charge in [0.15, 0.2) is 5.65 Å². The molecule has 1 aliphatic carbocycles. The maximum Gasteiger partial charge on any atom is 0.261 e. The highest BCUT2D eigenvalue weighted by Gasteiger charge is 2.24. The van der Waals surface area contributed by atoms with Crippen molar-refractivity contribution in [2.75, 3.05) is 0 Å². The Hall–Kier alpha value is -3.00. The summed E-state index contributed by atoms with van der Waals surface area (Å²) in [4.78, 5) is 17.5. The first-order chi connectivity index (χ1) is 12.7. The quantitative estimate of drug-likeness (QED) is 0.604. The van der Waals surface area contributed by atoms with Gasteiger partial charge in [0.05, 0.1) is 17.3 Å². The van der Waals surface area contributed by atoms with Crippen LogP contribution in [-0.2, 0) is 7.05 Å². The Labute approximate surface area is 153 Å². The van der Waals surface area contributed by atoms with Crippen molar-refractivity contribution >= 4 is 22.9 Å². The van der Waals surface area contributed by atoms with E-state index in [9.17, 15) is 4.79 Å². The van der Waals surface area contributed by atoms with Crippen molar-refractivity contribution in [3.8, 4) is 22.3 Å². The zero-order valence-electron chi connectivity index (χ0n) is 14.1. The summed E-state index contributed by atoms with van der Waals surface area (Å²) in [6.07, 6.45) is 11.5. The minimum absolute atomic E-state index is 0.00652.